The van der Waals surface area contributed by atoms with Gasteiger partial charge in [0, 0.05) is 29.8 Å². The molecule has 0 spiro atoms. The lowest BCUT2D eigenvalue weighted by Gasteiger charge is -2.31. The van der Waals surface area contributed by atoms with Crippen molar-refractivity contribution in [1.82, 2.24) is 4.90 Å². The minimum Gasteiger partial charge on any atom is -0.493 e. The Balaban J connectivity index is 1.92. The second kappa shape index (κ2) is 5.92. The van der Waals surface area contributed by atoms with Gasteiger partial charge in [-0.05, 0) is 45.9 Å². The predicted octanol–water partition coefficient (Wildman–Crippen LogP) is 2.78. The Kier molecular flexibility index (Phi) is 4.43. The lowest BCUT2D eigenvalue weighted by atomic mass is 10.1. The fourth-order valence-corrected chi connectivity index (χ4v) is 2.59. The highest BCUT2D eigenvalue weighted by molar-refractivity contribution is 5.51. The summed E-state index contributed by atoms with van der Waals surface area (Å²) in [6.45, 7) is 9.73. The number of anilines is 1. The third-order valence-electron chi connectivity index (χ3n) is 3.90. The molecule has 1 aliphatic rings. The van der Waals surface area contributed by atoms with E-state index in [9.17, 15) is 0 Å². The number of benzene rings is 1. The standard InChI is InChI=1S/C16H26N2O2/c1-16(2,3)18-8-7-12(10-18)11-20-15-9-13(17)5-6-14(15)19-4/h5-6,9,12H,7-8,10-11,17H2,1-4H3. The van der Waals surface area contributed by atoms with Crippen LogP contribution in [0.1, 0.15) is 27.2 Å². The van der Waals surface area contributed by atoms with Crippen molar-refractivity contribution in [3.63, 3.8) is 0 Å². The molecule has 1 heterocycles. The highest BCUT2D eigenvalue weighted by Crippen LogP contribution is 2.31. The smallest absolute Gasteiger partial charge is 0.163 e. The molecule has 1 unspecified atom stereocenters. The van der Waals surface area contributed by atoms with Gasteiger partial charge in [0.2, 0.25) is 0 Å². The Labute approximate surface area is 121 Å². The summed E-state index contributed by atoms with van der Waals surface area (Å²) in [5.74, 6) is 2.05. The van der Waals surface area contributed by atoms with E-state index in [-0.39, 0.29) is 5.54 Å². The quantitative estimate of drug-likeness (QED) is 0.860. The molecular weight excluding hydrogens is 252 g/mol. The molecule has 4 nitrogen and oxygen atoms in total. The average Bonchev–Trinajstić information content (AvgIpc) is 2.85. The number of rotatable bonds is 4. The Morgan fingerprint density at radius 2 is 2.05 bits per heavy atom. The Morgan fingerprint density at radius 3 is 2.65 bits per heavy atom. The third kappa shape index (κ3) is 3.57. The first-order chi connectivity index (χ1) is 9.40. The number of methoxy groups -OCH3 is 1. The van der Waals surface area contributed by atoms with Crippen LogP contribution in [0.3, 0.4) is 0 Å². The Morgan fingerprint density at radius 1 is 1.30 bits per heavy atom. The molecule has 0 aromatic heterocycles. The van der Waals surface area contributed by atoms with Gasteiger partial charge in [0.1, 0.15) is 0 Å². The minimum absolute atomic E-state index is 0.240. The van der Waals surface area contributed by atoms with Crippen LogP contribution in [0, 0.1) is 5.92 Å². The maximum atomic E-state index is 5.92. The average molecular weight is 278 g/mol. The molecule has 112 valence electrons. The zero-order valence-electron chi connectivity index (χ0n) is 13.0. The van der Waals surface area contributed by atoms with E-state index in [1.807, 2.05) is 18.2 Å². The molecule has 0 aliphatic carbocycles. The maximum Gasteiger partial charge on any atom is 0.163 e. The van der Waals surface area contributed by atoms with Gasteiger partial charge in [-0.3, -0.25) is 4.90 Å². The van der Waals surface area contributed by atoms with Gasteiger partial charge in [-0.15, -0.1) is 0 Å². The summed E-state index contributed by atoms with van der Waals surface area (Å²) >= 11 is 0. The molecular formula is C16H26N2O2. The number of ether oxygens (including phenoxy) is 2. The second-order valence-electron chi connectivity index (χ2n) is 6.49. The van der Waals surface area contributed by atoms with Crippen molar-refractivity contribution < 1.29 is 9.47 Å². The van der Waals surface area contributed by atoms with E-state index in [2.05, 4.69) is 25.7 Å². The zero-order valence-corrected chi connectivity index (χ0v) is 13.0. The van der Waals surface area contributed by atoms with Crippen molar-refractivity contribution in [3.05, 3.63) is 18.2 Å². The van der Waals surface area contributed by atoms with Crippen LogP contribution in [0.25, 0.3) is 0 Å². The van der Waals surface area contributed by atoms with Gasteiger partial charge < -0.3 is 15.2 Å². The summed E-state index contributed by atoms with van der Waals surface area (Å²) < 4.78 is 11.2. The lowest BCUT2D eigenvalue weighted by Crippen LogP contribution is -2.39. The number of nitrogens with zero attached hydrogens (tertiary/aromatic N) is 1. The number of hydrogen-bond acceptors (Lipinski definition) is 4. The van der Waals surface area contributed by atoms with Gasteiger partial charge in [-0.2, -0.15) is 0 Å². The number of nitrogens with two attached hydrogens (primary N) is 1. The normalized spacial score (nSPS) is 20.1. The molecule has 2 N–H and O–H groups in total. The topological polar surface area (TPSA) is 47.7 Å². The highest BCUT2D eigenvalue weighted by atomic mass is 16.5. The second-order valence-corrected chi connectivity index (χ2v) is 6.49. The maximum absolute atomic E-state index is 5.92. The van der Waals surface area contributed by atoms with Crippen LogP contribution < -0.4 is 15.2 Å². The van der Waals surface area contributed by atoms with Gasteiger partial charge in [0.25, 0.3) is 0 Å². The first kappa shape index (κ1) is 15.0. The summed E-state index contributed by atoms with van der Waals surface area (Å²) in [5, 5.41) is 0. The molecule has 1 saturated heterocycles. The van der Waals surface area contributed by atoms with Crippen molar-refractivity contribution in [3.8, 4) is 11.5 Å². The molecule has 4 heteroatoms. The molecule has 1 aromatic carbocycles. The fraction of sp³-hybridized carbons (Fsp3) is 0.625. The van der Waals surface area contributed by atoms with Gasteiger partial charge in [0.15, 0.2) is 11.5 Å². The summed E-state index contributed by atoms with van der Waals surface area (Å²) in [6.07, 6.45) is 1.18. The molecule has 0 amide bonds. The first-order valence-corrected chi connectivity index (χ1v) is 7.21. The molecule has 1 atom stereocenters. The van der Waals surface area contributed by atoms with Crippen molar-refractivity contribution in [2.45, 2.75) is 32.7 Å². The summed E-state index contributed by atoms with van der Waals surface area (Å²) in [7, 11) is 1.65. The molecule has 2 rings (SSSR count). The highest BCUT2D eigenvalue weighted by Gasteiger charge is 2.30. The minimum atomic E-state index is 0.240. The fourth-order valence-electron chi connectivity index (χ4n) is 2.59. The predicted molar refractivity (Wildman–Crippen MR) is 82.3 cm³/mol. The largest absolute Gasteiger partial charge is 0.493 e. The number of hydrogen-bond donors (Lipinski definition) is 1. The van der Waals surface area contributed by atoms with E-state index < -0.39 is 0 Å². The van der Waals surface area contributed by atoms with Crippen LogP contribution in [0.5, 0.6) is 11.5 Å². The van der Waals surface area contributed by atoms with Crippen LogP contribution in [0.4, 0.5) is 5.69 Å². The zero-order chi connectivity index (χ0) is 14.8. The van der Waals surface area contributed by atoms with E-state index in [4.69, 9.17) is 15.2 Å². The SMILES string of the molecule is COc1ccc(N)cc1OCC1CCN(C(C)(C)C)C1. The summed E-state index contributed by atoms with van der Waals surface area (Å²) in [5.41, 5.74) is 6.74. The monoisotopic (exact) mass is 278 g/mol. The molecule has 20 heavy (non-hydrogen) atoms. The van der Waals surface area contributed by atoms with Crippen molar-refractivity contribution in [2.75, 3.05) is 32.5 Å². The van der Waals surface area contributed by atoms with E-state index in [0.29, 0.717) is 18.2 Å². The molecule has 0 saturated carbocycles. The van der Waals surface area contributed by atoms with E-state index in [1.165, 1.54) is 6.42 Å². The number of likely N-dealkylation sites (tertiary alicyclic amines) is 1. The summed E-state index contributed by atoms with van der Waals surface area (Å²) in [6, 6.07) is 5.50. The Bertz CT molecular complexity index is 454. The third-order valence-corrected chi connectivity index (χ3v) is 3.90. The molecule has 1 aliphatic heterocycles. The van der Waals surface area contributed by atoms with Crippen LogP contribution in [-0.2, 0) is 0 Å². The van der Waals surface area contributed by atoms with Crippen LogP contribution in [0.2, 0.25) is 0 Å². The van der Waals surface area contributed by atoms with Gasteiger partial charge in [0.05, 0.1) is 13.7 Å². The lowest BCUT2D eigenvalue weighted by molar-refractivity contribution is 0.157. The number of nitrogen functional groups attached to an aromatic ring is 1. The van der Waals surface area contributed by atoms with Gasteiger partial charge in [-0.1, -0.05) is 0 Å². The van der Waals surface area contributed by atoms with Gasteiger partial charge in [-0.25, -0.2) is 0 Å². The van der Waals surface area contributed by atoms with Crippen molar-refractivity contribution >= 4 is 5.69 Å². The van der Waals surface area contributed by atoms with E-state index in [0.717, 1.165) is 24.6 Å². The van der Waals surface area contributed by atoms with E-state index in [1.54, 1.807) is 7.11 Å². The molecule has 0 radical (unpaired) electrons. The van der Waals surface area contributed by atoms with Gasteiger partial charge >= 0.3 is 0 Å². The summed E-state index contributed by atoms with van der Waals surface area (Å²) in [4.78, 5) is 2.51. The molecule has 1 aromatic rings. The van der Waals surface area contributed by atoms with Crippen molar-refractivity contribution in [2.24, 2.45) is 5.92 Å². The Hall–Kier alpha value is -1.42. The first-order valence-electron chi connectivity index (χ1n) is 7.21. The van der Waals surface area contributed by atoms with Crippen LogP contribution in [0.15, 0.2) is 18.2 Å². The molecule has 0 bridgehead atoms. The molecule has 1 fully saturated rings. The van der Waals surface area contributed by atoms with E-state index >= 15 is 0 Å². The van der Waals surface area contributed by atoms with Crippen LogP contribution >= 0.6 is 0 Å². The van der Waals surface area contributed by atoms with Crippen LogP contribution in [-0.4, -0.2) is 37.2 Å². The van der Waals surface area contributed by atoms with Crippen molar-refractivity contribution in [1.29, 1.82) is 0 Å².